The van der Waals surface area contributed by atoms with E-state index in [1.165, 1.54) is 13.1 Å². The van der Waals surface area contributed by atoms with E-state index in [1.807, 2.05) is 7.05 Å². The molecule has 82 valence electrons. The maximum atomic E-state index is 11.0. The van der Waals surface area contributed by atoms with E-state index in [1.54, 1.807) is 17.7 Å². The number of ether oxygens (including phenoxy) is 1. The summed E-state index contributed by atoms with van der Waals surface area (Å²) >= 11 is 0. The lowest BCUT2D eigenvalue weighted by atomic mass is 10.3. The van der Waals surface area contributed by atoms with E-state index >= 15 is 0 Å². The number of pyridine rings is 1. The molecule has 2 N–H and O–H groups in total. The number of nitrogens with zero attached hydrogens (tertiary/aromatic N) is 1. The molecule has 1 rings (SSSR count). The summed E-state index contributed by atoms with van der Waals surface area (Å²) in [5.74, 6) is 0.137. The van der Waals surface area contributed by atoms with Gasteiger partial charge in [0.1, 0.15) is 7.05 Å². The van der Waals surface area contributed by atoms with E-state index in [0.717, 1.165) is 5.69 Å². The van der Waals surface area contributed by atoms with Gasteiger partial charge in [-0.2, -0.15) is 0 Å². The summed E-state index contributed by atoms with van der Waals surface area (Å²) in [6.07, 6.45) is 1.72. The first-order valence-corrected chi connectivity index (χ1v) is 4.58. The molecular weight excluding hydrogens is 196 g/mol. The predicted octanol–water partition coefficient (Wildman–Crippen LogP) is -0.350. The molecule has 0 bridgehead atoms. The number of amides is 1. The van der Waals surface area contributed by atoms with Crippen LogP contribution in [-0.4, -0.2) is 24.7 Å². The largest absolute Gasteiger partial charge is 0.504 e. The molecule has 1 aromatic rings. The molecule has 15 heavy (non-hydrogen) atoms. The number of hydrogen-bond donors (Lipinski definition) is 2. The monoisotopic (exact) mass is 211 g/mol. The van der Waals surface area contributed by atoms with Crippen molar-refractivity contribution in [2.75, 3.05) is 13.7 Å². The molecule has 1 aromatic heterocycles. The van der Waals surface area contributed by atoms with Gasteiger partial charge in [-0.15, -0.1) is 0 Å². The molecule has 0 fully saturated rings. The number of aromatic nitrogens is 1. The molecule has 0 spiro atoms. The van der Waals surface area contributed by atoms with Crippen molar-refractivity contribution >= 4 is 5.91 Å². The van der Waals surface area contributed by atoms with Crippen LogP contribution >= 0.6 is 0 Å². The lowest BCUT2D eigenvalue weighted by Gasteiger charge is -2.07. The normalized spacial score (nSPS) is 9.80. The van der Waals surface area contributed by atoms with Crippen molar-refractivity contribution in [3.8, 4) is 11.5 Å². The van der Waals surface area contributed by atoms with E-state index in [9.17, 15) is 9.90 Å². The number of rotatable bonds is 3. The van der Waals surface area contributed by atoms with Gasteiger partial charge >= 0.3 is 0 Å². The first-order chi connectivity index (χ1) is 7.06. The van der Waals surface area contributed by atoms with Gasteiger partial charge in [-0.3, -0.25) is 4.79 Å². The van der Waals surface area contributed by atoms with Crippen molar-refractivity contribution in [2.45, 2.75) is 6.92 Å². The maximum absolute atomic E-state index is 11.0. The first kappa shape index (κ1) is 11.3. The maximum Gasteiger partial charge on any atom is 0.257 e. The van der Waals surface area contributed by atoms with Gasteiger partial charge in [0.15, 0.2) is 18.6 Å². The SMILES string of the molecule is CNC(=O)COc1c(O)cc[n+](C)c1C. The second kappa shape index (κ2) is 4.63. The molecule has 0 radical (unpaired) electrons. The van der Waals surface area contributed by atoms with Crippen molar-refractivity contribution in [2.24, 2.45) is 7.05 Å². The Kier molecular flexibility index (Phi) is 3.49. The Morgan fingerprint density at radius 2 is 2.33 bits per heavy atom. The van der Waals surface area contributed by atoms with Crippen LogP contribution in [0.5, 0.6) is 11.5 Å². The average molecular weight is 211 g/mol. The molecule has 0 unspecified atom stereocenters. The van der Waals surface area contributed by atoms with Gasteiger partial charge in [0.2, 0.25) is 11.4 Å². The topological polar surface area (TPSA) is 62.4 Å². The third-order valence-corrected chi connectivity index (χ3v) is 2.17. The molecule has 0 aromatic carbocycles. The number of carbonyl (C=O) groups excluding carboxylic acids is 1. The van der Waals surface area contributed by atoms with Crippen LogP contribution in [-0.2, 0) is 11.8 Å². The zero-order valence-corrected chi connectivity index (χ0v) is 9.07. The van der Waals surface area contributed by atoms with E-state index in [2.05, 4.69) is 5.32 Å². The van der Waals surface area contributed by atoms with Crippen LogP contribution in [0.3, 0.4) is 0 Å². The lowest BCUT2D eigenvalue weighted by molar-refractivity contribution is -0.678. The minimum atomic E-state index is -0.236. The van der Waals surface area contributed by atoms with E-state index in [-0.39, 0.29) is 18.3 Å². The molecule has 1 amide bonds. The van der Waals surface area contributed by atoms with Crippen molar-refractivity contribution in [3.05, 3.63) is 18.0 Å². The molecular formula is C10H15N2O3+. The molecule has 0 aliphatic heterocycles. The van der Waals surface area contributed by atoms with Crippen molar-refractivity contribution < 1.29 is 19.2 Å². The molecule has 5 nitrogen and oxygen atoms in total. The number of carbonyl (C=O) groups is 1. The Balaban J connectivity index is 2.84. The summed E-state index contributed by atoms with van der Waals surface area (Å²) in [6.45, 7) is 1.70. The van der Waals surface area contributed by atoms with Crippen LogP contribution in [0.4, 0.5) is 0 Å². The summed E-state index contributed by atoms with van der Waals surface area (Å²) in [4.78, 5) is 11.0. The zero-order chi connectivity index (χ0) is 11.4. The molecule has 0 saturated carbocycles. The molecule has 0 aliphatic rings. The molecule has 0 saturated heterocycles. The third kappa shape index (κ3) is 2.59. The summed E-state index contributed by atoms with van der Waals surface area (Å²) in [5, 5.41) is 12.0. The average Bonchev–Trinajstić information content (AvgIpc) is 2.23. The smallest absolute Gasteiger partial charge is 0.257 e. The van der Waals surface area contributed by atoms with Crippen LogP contribution in [0, 0.1) is 6.92 Å². The van der Waals surface area contributed by atoms with Gasteiger partial charge < -0.3 is 15.2 Å². The first-order valence-electron chi connectivity index (χ1n) is 4.58. The van der Waals surface area contributed by atoms with Gasteiger partial charge in [0.05, 0.1) is 0 Å². The highest BCUT2D eigenvalue weighted by atomic mass is 16.5. The van der Waals surface area contributed by atoms with Gasteiger partial charge in [-0.05, 0) is 0 Å². The molecule has 5 heteroatoms. The standard InChI is InChI=1S/C10H14N2O3/c1-7-10(15-6-9(14)11-2)8(13)4-5-12(7)3/h4-5H,6H2,1-3H3,(H,11,14)/p+1. The summed E-state index contributed by atoms with van der Waals surface area (Å²) < 4.78 is 7.02. The van der Waals surface area contributed by atoms with Crippen LogP contribution in [0.1, 0.15) is 5.69 Å². The van der Waals surface area contributed by atoms with Crippen molar-refractivity contribution in [1.82, 2.24) is 5.32 Å². The second-order valence-corrected chi connectivity index (χ2v) is 3.19. The summed E-state index contributed by atoms with van der Waals surface area (Å²) in [6, 6.07) is 1.52. The highest BCUT2D eigenvalue weighted by Crippen LogP contribution is 2.26. The number of aryl methyl sites for hydroxylation is 1. The van der Waals surface area contributed by atoms with Gasteiger partial charge in [0, 0.05) is 20.0 Å². The van der Waals surface area contributed by atoms with Crippen LogP contribution < -0.4 is 14.6 Å². The van der Waals surface area contributed by atoms with E-state index < -0.39 is 0 Å². The zero-order valence-electron chi connectivity index (χ0n) is 9.07. The number of hydrogen-bond acceptors (Lipinski definition) is 3. The molecule has 1 heterocycles. The Labute approximate surface area is 88.3 Å². The molecule has 0 aliphatic carbocycles. The van der Waals surface area contributed by atoms with Crippen LogP contribution in [0.15, 0.2) is 12.3 Å². The van der Waals surface area contributed by atoms with E-state index in [4.69, 9.17) is 4.74 Å². The minimum absolute atomic E-state index is 0.0366. The Morgan fingerprint density at radius 1 is 1.67 bits per heavy atom. The quantitative estimate of drug-likeness (QED) is 0.672. The Hall–Kier alpha value is -1.78. The lowest BCUT2D eigenvalue weighted by Crippen LogP contribution is -2.32. The second-order valence-electron chi connectivity index (χ2n) is 3.19. The van der Waals surface area contributed by atoms with Gasteiger partial charge in [-0.1, -0.05) is 0 Å². The van der Waals surface area contributed by atoms with Crippen molar-refractivity contribution in [3.63, 3.8) is 0 Å². The number of likely N-dealkylation sites (N-methyl/N-ethyl adjacent to an activating group) is 1. The minimum Gasteiger partial charge on any atom is -0.504 e. The Bertz CT molecular complexity index is 377. The third-order valence-electron chi connectivity index (χ3n) is 2.17. The summed E-state index contributed by atoms with van der Waals surface area (Å²) in [7, 11) is 3.37. The Morgan fingerprint density at radius 3 is 2.93 bits per heavy atom. The van der Waals surface area contributed by atoms with Gasteiger partial charge in [0.25, 0.3) is 5.91 Å². The molecule has 0 atom stereocenters. The van der Waals surface area contributed by atoms with Crippen LogP contribution in [0.2, 0.25) is 0 Å². The number of nitrogens with one attached hydrogen (secondary N) is 1. The highest BCUT2D eigenvalue weighted by Gasteiger charge is 2.15. The fourth-order valence-corrected chi connectivity index (χ4v) is 1.10. The highest BCUT2D eigenvalue weighted by molar-refractivity contribution is 5.77. The fraction of sp³-hybridized carbons (Fsp3) is 0.400. The predicted molar refractivity (Wildman–Crippen MR) is 53.6 cm³/mol. The number of aromatic hydroxyl groups is 1. The van der Waals surface area contributed by atoms with E-state index in [0.29, 0.717) is 5.75 Å². The summed E-state index contributed by atoms with van der Waals surface area (Å²) in [5.41, 5.74) is 0.763. The van der Waals surface area contributed by atoms with Crippen molar-refractivity contribution in [1.29, 1.82) is 0 Å². The fourth-order valence-electron chi connectivity index (χ4n) is 1.10. The van der Waals surface area contributed by atoms with Gasteiger partial charge in [-0.25, -0.2) is 4.57 Å². The van der Waals surface area contributed by atoms with Crippen LogP contribution in [0.25, 0.3) is 0 Å².